The molecule has 1 amide bonds. The SMILES string of the molecule is Cc1ccc(CNC(=O)[C@H](C)OC(=O)Cc2ccccc2C)cc1. The molecule has 0 fully saturated rings. The van der Waals surface area contributed by atoms with Gasteiger partial charge in [-0.15, -0.1) is 0 Å². The zero-order valence-electron chi connectivity index (χ0n) is 14.3. The molecule has 126 valence electrons. The Bertz CT molecular complexity index is 707. The quantitative estimate of drug-likeness (QED) is 0.830. The van der Waals surface area contributed by atoms with Crippen molar-refractivity contribution >= 4 is 11.9 Å². The second-order valence-electron chi connectivity index (χ2n) is 5.94. The molecule has 0 radical (unpaired) electrons. The molecule has 0 aliphatic rings. The van der Waals surface area contributed by atoms with Gasteiger partial charge in [-0.3, -0.25) is 9.59 Å². The van der Waals surface area contributed by atoms with Crippen molar-refractivity contribution in [3.8, 4) is 0 Å². The molecule has 1 atom stereocenters. The number of esters is 1. The largest absolute Gasteiger partial charge is 0.452 e. The highest BCUT2D eigenvalue weighted by Crippen LogP contribution is 2.09. The van der Waals surface area contributed by atoms with Crippen LogP contribution < -0.4 is 5.32 Å². The van der Waals surface area contributed by atoms with Crippen LogP contribution in [0.25, 0.3) is 0 Å². The monoisotopic (exact) mass is 325 g/mol. The topological polar surface area (TPSA) is 55.4 Å². The average molecular weight is 325 g/mol. The van der Waals surface area contributed by atoms with Crippen LogP contribution in [0.15, 0.2) is 48.5 Å². The molecule has 0 spiro atoms. The van der Waals surface area contributed by atoms with E-state index in [9.17, 15) is 9.59 Å². The molecule has 2 aromatic carbocycles. The maximum Gasteiger partial charge on any atom is 0.311 e. The number of ether oxygens (including phenoxy) is 1. The van der Waals surface area contributed by atoms with Gasteiger partial charge in [0.2, 0.25) is 0 Å². The third-order valence-corrected chi connectivity index (χ3v) is 3.86. The molecule has 0 bridgehead atoms. The van der Waals surface area contributed by atoms with Gasteiger partial charge in [0, 0.05) is 6.54 Å². The Morgan fingerprint density at radius 1 is 1.04 bits per heavy atom. The number of nitrogens with one attached hydrogen (secondary N) is 1. The molecule has 4 heteroatoms. The zero-order chi connectivity index (χ0) is 17.5. The molecule has 1 N–H and O–H groups in total. The molecule has 0 aliphatic heterocycles. The zero-order valence-corrected chi connectivity index (χ0v) is 14.3. The van der Waals surface area contributed by atoms with E-state index < -0.39 is 12.1 Å². The molecule has 0 saturated carbocycles. The van der Waals surface area contributed by atoms with E-state index in [0.29, 0.717) is 6.54 Å². The van der Waals surface area contributed by atoms with Gasteiger partial charge in [-0.25, -0.2) is 0 Å². The van der Waals surface area contributed by atoms with Gasteiger partial charge in [-0.2, -0.15) is 0 Å². The van der Waals surface area contributed by atoms with Crippen molar-refractivity contribution in [1.29, 1.82) is 0 Å². The van der Waals surface area contributed by atoms with Gasteiger partial charge >= 0.3 is 5.97 Å². The van der Waals surface area contributed by atoms with Gasteiger partial charge in [0.15, 0.2) is 6.10 Å². The van der Waals surface area contributed by atoms with Crippen LogP contribution in [-0.2, 0) is 27.3 Å². The van der Waals surface area contributed by atoms with Gasteiger partial charge in [0.1, 0.15) is 0 Å². The molecule has 0 heterocycles. The van der Waals surface area contributed by atoms with Crippen LogP contribution in [0.5, 0.6) is 0 Å². The summed E-state index contributed by atoms with van der Waals surface area (Å²) in [5.41, 5.74) is 4.12. The summed E-state index contributed by atoms with van der Waals surface area (Å²) in [5.74, 6) is -0.698. The van der Waals surface area contributed by atoms with Gasteiger partial charge in [0.05, 0.1) is 6.42 Å². The number of benzene rings is 2. The van der Waals surface area contributed by atoms with Gasteiger partial charge in [-0.1, -0.05) is 54.1 Å². The van der Waals surface area contributed by atoms with Crippen LogP contribution in [0.1, 0.15) is 29.2 Å². The Kier molecular flexibility index (Phi) is 6.13. The first-order valence-electron chi connectivity index (χ1n) is 8.03. The van der Waals surface area contributed by atoms with E-state index in [1.54, 1.807) is 6.92 Å². The summed E-state index contributed by atoms with van der Waals surface area (Å²) in [4.78, 5) is 24.0. The summed E-state index contributed by atoms with van der Waals surface area (Å²) in [5, 5.41) is 2.78. The fourth-order valence-electron chi connectivity index (χ4n) is 2.30. The molecular weight excluding hydrogens is 302 g/mol. The van der Waals surface area contributed by atoms with Crippen molar-refractivity contribution in [3.63, 3.8) is 0 Å². The number of amides is 1. The van der Waals surface area contributed by atoms with Gasteiger partial charge in [0.25, 0.3) is 5.91 Å². The van der Waals surface area contributed by atoms with E-state index in [4.69, 9.17) is 4.74 Å². The second kappa shape index (κ2) is 8.29. The van der Waals surface area contributed by atoms with E-state index in [1.165, 1.54) is 5.56 Å². The predicted molar refractivity (Wildman–Crippen MR) is 93.5 cm³/mol. The lowest BCUT2D eigenvalue weighted by Gasteiger charge is -2.14. The fraction of sp³-hybridized carbons (Fsp3) is 0.300. The predicted octanol–water partition coefficient (Wildman–Crippen LogP) is 3.09. The van der Waals surface area contributed by atoms with Crippen LogP contribution in [-0.4, -0.2) is 18.0 Å². The average Bonchev–Trinajstić information content (AvgIpc) is 2.56. The highest BCUT2D eigenvalue weighted by atomic mass is 16.5. The highest BCUT2D eigenvalue weighted by molar-refractivity contribution is 5.83. The first-order valence-corrected chi connectivity index (χ1v) is 8.03. The van der Waals surface area contributed by atoms with Crippen molar-refractivity contribution in [1.82, 2.24) is 5.32 Å². The summed E-state index contributed by atoms with van der Waals surface area (Å²) in [6.07, 6.45) is -0.644. The van der Waals surface area contributed by atoms with Crippen LogP contribution in [0.2, 0.25) is 0 Å². The second-order valence-corrected chi connectivity index (χ2v) is 5.94. The molecule has 24 heavy (non-hydrogen) atoms. The molecule has 0 saturated heterocycles. The van der Waals surface area contributed by atoms with Crippen molar-refractivity contribution in [2.75, 3.05) is 0 Å². The third-order valence-electron chi connectivity index (χ3n) is 3.86. The normalized spacial score (nSPS) is 11.6. The fourth-order valence-corrected chi connectivity index (χ4v) is 2.30. The van der Waals surface area contributed by atoms with Crippen molar-refractivity contribution in [2.24, 2.45) is 0 Å². The third kappa shape index (κ3) is 5.23. The summed E-state index contributed by atoms with van der Waals surface area (Å²) in [7, 11) is 0. The minimum atomic E-state index is -0.813. The standard InChI is InChI=1S/C20H23NO3/c1-14-8-10-17(11-9-14)13-21-20(23)16(3)24-19(22)12-18-7-5-4-6-15(18)2/h4-11,16H,12-13H2,1-3H3,(H,21,23)/t16-/m0/s1. The number of hydrogen-bond donors (Lipinski definition) is 1. The number of carbonyl (C=O) groups is 2. The van der Waals surface area contributed by atoms with E-state index in [2.05, 4.69) is 5.32 Å². The van der Waals surface area contributed by atoms with E-state index in [0.717, 1.165) is 16.7 Å². The lowest BCUT2D eigenvalue weighted by Crippen LogP contribution is -2.35. The lowest BCUT2D eigenvalue weighted by molar-refractivity contribution is -0.154. The highest BCUT2D eigenvalue weighted by Gasteiger charge is 2.18. The first-order chi connectivity index (χ1) is 11.5. The molecule has 4 nitrogen and oxygen atoms in total. The Morgan fingerprint density at radius 3 is 2.38 bits per heavy atom. The number of carbonyl (C=O) groups excluding carboxylic acids is 2. The van der Waals surface area contributed by atoms with Crippen LogP contribution >= 0.6 is 0 Å². The Labute approximate surface area is 142 Å². The van der Waals surface area contributed by atoms with Gasteiger partial charge in [-0.05, 0) is 37.5 Å². The Balaban J connectivity index is 1.81. The first kappa shape index (κ1) is 17.7. The summed E-state index contributed by atoms with van der Waals surface area (Å²) >= 11 is 0. The summed E-state index contributed by atoms with van der Waals surface area (Å²) in [6, 6.07) is 15.5. The van der Waals surface area contributed by atoms with E-state index in [1.807, 2.05) is 62.4 Å². The van der Waals surface area contributed by atoms with Crippen molar-refractivity contribution in [2.45, 2.75) is 39.8 Å². The molecule has 2 rings (SSSR count). The minimum Gasteiger partial charge on any atom is -0.452 e. The lowest BCUT2D eigenvalue weighted by atomic mass is 10.1. The van der Waals surface area contributed by atoms with Crippen molar-refractivity contribution < 1.29 is 14.3 Å². The molecular formula is C20H23NO3. The number of aryl methyl sites for hydroxylation is 2. The Morgan fingerprint density at radius 2 is 1.71 bits per heavy atom. The Hall–Kier alpha value is -2.62. The van der Waals surface area contributed by atoms with Crippen LogP contribution in [0.3, 0.4) is 0 Å². The van der Waals surface area contributed by atoms with E-state index >= 15 is 0 Å². The molecule has 0 aliphatic carbocycles. The maximum atomic E-state index is 12.0. The van der Waals surface area contributed by atoms with E-state index in [-0.39, 0.29) is 12.3 Å². The molecule has 2 aromatic rings. The number of hydrogen-bond acceptors (Lipinski definition) is 3. The van der Waals surface area contributed by atoms with Crippen LogP contribution in [0.4, 0.5) is 0 Å². The smallest absolute Gasteiger partial charge is 0.311 e. The molecule has 0 unspecified atom stereocenters. The van der Waals surface area contributed by atoms with Crippen molar-refractivity contribution in [3.05, 3.63) is 70.8 Å². The summed E-state index contributed by atoms with van der Waals surface area (Å²) < 4.78 is 5.23. The van der Waals surface area contributed by atoms with Gasteiger partial charge < -0.3 is 10.1 Å². The van der Waals surface area contributed by atoms with Crippen LogP contribution in [0, 0.1) is 13.8 Å². The molecule has 0 aromatic heterocycles. The number of rotatable bonds is 6. The minimum absolute atomic E-state index is 0.169. The maximum absolute atomic E-state index is 12.0. The summed E-state index contributed by atoms with van der Waals surface area (Å²) in [6.45, 7) is 5.96.